The molecule has 27 heavy (non-hydrogen) atoms. The van der Waals surface area contributed by atoms with Crippen molar-refractivity contribution in [3.05, 3.63) is 41.7 Å². The number of nitriles is 1. The summed E-state index contributed by atoms with van der Waals surface area (Å²) in [4.78, 5) is 28.3. The first-order valence-corrected chi connectivity index (χ1v) is 8.08. The quantitative estimate of drug-likeness (QED) is 0.848. The predicted octanol–water partition coefficient (Wildman–Crippen LogP) is 1.80. The maximum atomic E-state index is 14.6. The maximum absolute atomic E-state index is 14.6. The van der Waals surface area contributed by atoms with Gasteiger partial charge in [-0.1, -0.05) is 0 Å². The van der Waals surface area contributed by atoms with Gasteiger partial charge < -0.3 is 15.8 Å². The number of nitrogens with zero attached hydrogens (tertiary/aromatic N) is 3. The molecule has 1 aromatic carbocycles. The van der Waals surface area contributed by atoms with Crippen LogP contribution in [0.15, 0.2) is 30.3 Å². The molecule has 2 amide bonds. The average Bonchev–Trinajstić information content (AvgIpc) is 3.00. The first kappa shape index (κ1) is 18.1. The minimum absolute atomic E-state index is 0.0161. The first-order valence-electron chi connectivity index (χ1n) is 8.08. The van der Waals surface area contributed by atoms with Gasteiger partial charge in [-0.3, -0.25) is 9.69 Å². The number of anilines is 2. The molecule has 8 nitrogen and oxygen atoms in total. The molecule has 9 heteroatoms. The zero-order chi connectivity index (χ0) is 19.6. The standard InChI is InChI=1S/C18H16FN5O3/c1-10(25)22-8-13-9-24(18(26)27-13)12-3-4-14(15(19)6-12)16-5-2-11(7-20)17(21)23-16/h2-6,13H,8-9H2,1H3,(H2,21,23)(H,22,25)/t13-/m0/s1. The number of carbonyl (C=O) groups excluding carboxylic acids is 2. The minimum atomic E-state index is -0.613. The lowest BCUT2D eigenvalue weighted by Crippen LogP contribution is -2.33. The summed E-state index contributed by atoms with van der Waals surface area (Å²) in [5, 5.41) is 11.5. The SMILES string of the molecule is CC(=O)NC[C@H]1CN(c2ccc(-c3ccc(C#N)c(N)n3)c(F)c2)C(=O)O1. The number of hydrogen-bond acceptors (Lipinski definition) is 6. The molecule has 0 saturated carbocycles. The number of benzene rings is 1. The molecule has 2 aromatic rings. The number of nitrogens with one attached hydrogen (secondary N) is 1. The second-order valence-electron chi connectivity index (χ2n) is 5.96. The van der Waals surface area contributed by atoms with Crippen LogP contribution in [0.5, 0.6) is 0 Å². The van der Waals surface area contributed by atoms with Crippen LogP contribution in [0.3, 0.4) is 0 Å². The van der Waals surface area contributed by atoms with E-state index < -0.39 is 18.0 Å². The molecule has 1 aliphatic rings. The van der Waals surface area contributed by atoms with Gasteiger partial charge in [0, 0.05) is 12.5 Å². The van der Waals surface area contributed by atoms with Crippen molar-refractivity contribution >= 4 is 23.5 Å². The third-order valence-electron chi connectivity index (χ3n) is 4.04. The monoisotopic (exact) mass is 369 g/mol. The molecule has 2 heterocycles. The van der Waals surface area contributed by atoms with Crippen LogP contribution in [0.2, 0.25) is 0 Å². The summed E-state index contributed by atoms with van der Waals surface area (Å²) in [6.07, 6.45) is -1.12. The number of nitrogens with two attached hydrogens (primary N) is 1. The van der Waals surface area contributed by atoms with Gasteiger partial charge in [0.1, 0.15) is 23.8 Å². The molecule has 1 fully saturated rings. The second kappa shape index (κ2) is 7.29. The molecule has 138 valence electrons. The fourth-order valence-electron chi connectivity index (χ4n) is 2.70. The predicted molar refractivity (Wildman–Crippen MR) is 95.1 cm³/mol. The number of halogens is 1. The third kappa shape index (κ3) is 3.79. The number of ether oxygens (including phenoxy) is 1. The summed E-state index contributed by atoms with van der Waals surface area (Å²) in [5.41, 5.74) is 6.69. The van der Waals surface area contributed by atoms with Crippen LogP contribution in [0.25, 0.3) is 11.3 Å². The van der Waals surface area contributed by atoms with E-state index in [1.54, 1.807) is 6.07 Å². The number of pyridine rings is 1. The van der Waals surface area contributed by atoms with Gasteiger partial charge in [0.15, 0.2) is 0 Å². The molecule has 1 saturated heterocycles. The summed E-state index contributed by atoms with van der Waals surface area (Å²) in [7, 11) is 0. The van der Waals surface area contributed by atoms with Gasteiger partial charge in [0.05, 0.1) is 30.0 Å². The zero-order valence-corrected chi connectivity index (χ0v) is 14.4. The number of cyclic esters (lactones) is 1. The van der Waals surface area contributed by atoms with E-state index in [0.717, 1.165) is 0 Å². The Balaban J connectivity index is 1.81. The van der Waals surface area contributed by atoms with Gasteiger partial charge in [0.25, 0.3) is 0 Å². The largest absolute Gasteiger partial charge is 0.442 e. The van der Waals surface area contributed by atoms with Gasteiger partial charge in [-0.25, -0.2) is 14.2 Å². The van der Waals surface area contributed by atoms with Crippen LogP contribution in [0.1, 0.15) is 12.5 Å². The Morgan fingerprint density at radius 1 is 1.48 bits per heavy atom. The van der Waals surface area contributed by atoms with Crippen molar-refractivity contribution in [1.82, 2.24) is 10.3 Å². The molecular formula is C18H16FN5O3. The Hall–Kier alpha value is -3.67. The molecule has 3 N–H and O–H groups in total. The molecule has 1 aliphatic heterocycles. The maximum Gasteiger partial charge on any atom is 0.414 e. The molecule has 1 aromatic heterocycles. The number of aromatic nitrogens is 1. The lowest BCUT2D eigenvalue weighted by Gasteiger charge is -2.14. The van der Waals surface area contributed by atoms with Gasteiger partial charge in [0.2, 0.25) is 5.91 Å². The Morgan fingerprint density at radius 2 is 2.26 bits per heavy atom. The zero-order valence-electron chi connectivity index (χ0n) is 14.4. The topological polar surface area (TPSA) is 121 Å². The Bertz CT molecular complexity index is 956. The number of rotatable bonds is 4. The number of carbonyl (C=O) groups is 2. The van der Waals surface area contributed by atoms with E-state index in [9.17, 15) is 14.0 Å². The van der Waals surface area contributed by atoms with E-state index >= 15 is 0 Å². The molecule has 0 aliphatic carbocycles. The van der Waals surface area contributed by atoms with E-state index in [1.165, 1.54) is 36.1 Å². The van der Waals surface area contributed by atoms with Crippen molar-refractivity contribution in [3.63, 3.8) is 0 Å². The summed E-state index contributed by atoms with van der Waals surface area (Å²) < 4.78 is 19.8. The van der Waals surface area contributed by atoms with E-state index in [2.05, 4.69) is 10.3 Å². The number of hydrogen-bond donors (Lipinski definition) is 2. The van der Waals surface area contributed by atoms with Crippen molar-refractivity contribution in [2.45, 2.75) is 13.0 Å². The van der Waals surface area contributed by atoms with Crippen molar-refractivity contribution in [2.24, 2.45) is 0 Å². The van der Waals surface area contributed by atoms with Gasteiger partial charge >= 0.3 is 6.09 Å². The molecule has 0 bridgehead atoms. The molecule has 1 atom stereocenters. The number of nitrogen functional groups attached to an aromatic ring is 1. The minimum Gasteiger partial charge on any atom is -0.442 e. The first-order chi connectivity index (χ1) is 12.9. The lowest BCUT2D eigenvalue weighted by molar-refractivity contribution is -0.119. The number of amides is 2. The fourth-order valence-corrected chi connectivity index (χ4v) is 2.70. The summed E-state index contributed by atoms with van der Waals surface area (Å²) >= 11 is 0. The Labute approximate surface area is 154 Å². The Morgan fingerprint density at radius 3 is 2.89 bits per heavy atom. The van der Waals surface area contributed by atoms with Gasteiger partial charge in [-0.05, 0) is 30.3 Å². The molecule has 0 spiro atoms. The fraction of sp³-hybridized carbons (Fsp3) is 0.222. The summed E-state index contributed by atoms with van der Waals surface area (Å²) in [5.74, 6) is -0.807. The van der Waals surface area contributed by atoms with Crippen LogP contribution in [0, 0.1) is 17.1 Å². The van der Waals surface area contributed by atoms with Crippen molar-refractivity contribution in [2.75, 3.05) is 23.7 Å². The molecule has 0 unspecified atom stereocenters. The van der Waals surface area contributed by atoms with Gasteiger partial charge in [-0.15, -0.1) is 0 Å². The summed E-state index contributed by atoms with van der Waals surface area (Å²) in [6.45, 7) is 1.75. The normalized spacial score (nSPS) is 16.0. The van der Waals surface area contributed by atoms with Crippen molar-refractivity contribution in [3.8, 4) is 17.3 Å². The van der Waals surface area contributed by atoms with E-state index in [1.807, 2.05) is 6.07 Å². The van der Waals surface area contributed by atoms with Crippen LogP contribution < -0.4 is 16.0 Å². The Kier molecular flexibility index (Phi) is 4.90. The van der Waals surface area contributed by atoms with E-state index in [4.69, 9.17) is 15.7 Å². The third-order valence-corrected chi connectivity index (χ3v) is 4.04. The molecule has 0 radical (unpaired) electrons. The highest BCUT2D eigenvalue weighted by Gasteiger charge is 2.32. The average molecular weight is 369 g/mol. The van der Waals surface area contributed by atoms with Crippen LogP contribution >= 0.6 is 0 Å². The van der Waals surface area contributed by atoms with Crippen LogP contribution in [0.4, 0.5) is 20.7 Å². The molecular weight excluding hydrogens is 353 g/mol. The molecule has 3 rings (SSSR count). The second-order valence-corrected chi connectivity index (χ2v) is 5.96. The van der Waals surface area contributed by atoms with E-state index in [-0.39, 0.29) is 41.6 Å². The van der Waals surface area contributed by atoms with Crippen molar-refractivity contribution < 1.29 is 18.7 Å². The van der Waals surface area contributed by atoms with Crippen LogP contribution in [-0.2, 0) is 9.53 Å². The van der Waals surface area contributed by atoms with Gasteiger partial charge in [-0.2, -0.15) is 5.26 Å². The van der Waals surface area contributed by atoms with Crippen LogP contribution in [-0.4, -0.2) is 36.2 Å². The lowest BCUT2D eigenvalue weighted by atomic mass is 10.1. The highest BCUT2D eigenvalue weighted by atomic mass is 19.1. The smallest absolute Gasteiger partial charge is 0.414 e. The van der Waals surface area contributed by atoms with E-state index in [0.29, 0.717) is 5.69 Å². The summed E-state index contributed by atoms with van der Waals surface area (Å²) in [6, 6.07) is 9.11. The highest BCUT2D eigenvalue weighted by Crippen LogP contribution is 2.29. The highest BCUT2D eigenvalue weighted by molar-refractivity contribution is 5.90. The van der Waals surface area contributed by atoms with Crippen molar-refractivity contribution in [1.29, 1.82) is 5.26 Å².